The van der Waals surface area contributed by atoms with Gasteiger partial charge in [0.25, 0.3) is 0 Å². The van der Waals surface area contributed by atoms with Crippen LogP contribution in [0.15, 0.2) is 18.3 Å². The highest BCUT2D eigenvalue weighted by Crippen LogP contribution is 2.30. The summed E-state index contributed by atoms with van der Waals surface area (Å²) in [5.74, 6) is 0. The molecular weight excluding hydrogens is 258 g/mol. The van der Waals surface area contributed by atoms with Crippen LogP contribution in [0.3, 0.4) is 0 Å². The Hall–Kier alpha value is -1.79. The first-order valence-electron chi connectivity index (χ1n) is 6.04. The Bertz CT molecular complexity index is 651. The summed E-state index contributed by atoms with van der Waals surface area (Å²) in [6, 6.07) is 8.62. The molecule has 1 radical (unpaired) electrons. The Morgan fingerprint density at radius 3 is 2.79 bits per heavy atom. The van der Waals surface area contributed by atoms with Gasteiger partial charge in [0.1, 0.15) is 6.07 Å². The molecule has 0 bridgehead atoms. The molecule has 1 aromatic heterocycles. The van der Waals surface area contributed by atoms with Gasteiger partial charge in [0.15, 0.2) is 0 Å². The third-order valence-corrected chi connectivity index (χ3v) is 2.98. The maximum absolute atomic E-state index is 9.20. The van der Waals surface area contributed by atoms with E-state index in [0.29, 0.717) is 16.1 Å². The topological polar surface area (TPSA) is 48.7 Å². The van der Waals surface area contributed by atoms with E-state index in [4.69, 9.17) is 11.6 Å². The molecule has 0 aliphatic carbocycles. The van der Waals surface area contributed by atoms with Crippen LogP contribution in [0.25, 0.3) is 10.9 Å². The molecule has 0 unspecified atom stereocenters. The minimum atomic E-state index is 0.116. The minimum absolute atomic E-state index is 0.116. The van der Waals surface area contributed by atoms with E-state index in [-0.39, 0.29) is 5.41 Å². The summed E-state index contributed by atoms with van der Waals surface area (Å²) in [5, 5.41) is 13.9. The smallest absolute Gasteiger partial charge is 0.103 e. The summed E-state index contributed by atoms with van der Waals surface area (Å²) < 4.78 is 0. The zero-order valence-electron chi connectivity index (χ0n) is 11.2. The van der Waals surface area contributed by atoms with Gasteiger partial charge in [-0.3, -0.25) is 4.98 Å². The number of hydrogen-bond acceptors (Lipinski definition) is 3. The van der Waals surface area contributed by atoms with Gasteiger partial charge in [-0.1, -0.05) is 32.4 Å². The largest absolute Gasteiger partial charge is 0.383 e. The molecule has 1 N–H and O–H groups in total. The van der Waals surface area contributed by atoms with E-state index in [1.54, 1.807) is 18.3 Å². The van der Waals surface area contributed by atoms with Gasteiger partial charge in [0.05, 0.1) is 21.8 Å². The van der Waals surface area contributed by atoms with Gasteiger partial charge in [0.2, 0.25) is 0 Å². The highest BCUT2D eigenvalue weighted by molar-refractivity contribution is 6.35. The van der Waals surface area contributed by atoms with Gasteiger partial charge in [-0.05, 0) is 23.6 Å². The number of nitrogens with zero attached hydrogens (tertiary/aromatic N) is 2. The molecule has 0 aliphatic rings. The number of hydrogen-bond donors (Lipinski definition) is 1. The van der Waals surface area contributed by atoms with Crippen molar-refractivity contribution in [2.45, 2.75) is 20.8 Å². The fourth-order valence-electron chi connectivity index (χ4n) is 1.75. The number of benzene rings is 1. The number of pyridine rings is 1. The number of fused-ring (bicyclic) bond motifs is 1. The van der Waals surface area contributed by atoms with Crippen molar-refractivity contribution in [2.75, 3.05) is 11.9 Å². The first kappa shape index (κ1) is 13.6. The van der Waals surface area contributed by atoms with E-state index in [1.165, 1.54) is 0 Å². The first-order chi connectivity index (χ1) is 8.92. The van der Waals surface area contributed by atoms with Crippen molar-refractivity contribution in [1.29, 1.82) is 5.26 Å². The molecule has 0 saturated heterocycles. The summed E-state index contributed by atoms with van der Waals surface area (Å²) in [6.45, 7) is 7.16. The van der Waals surface area contributed by atoms with Crippen molar-refractivity contribution >= 4 is 28.2 Å². The van der Waals surface area contributed by atoms with E-state index in [9.17, 15) is 5.26 Å². The molecule has 19 heavy (non-hydrogen) atoms. The second-order valence-electron chi connectivity index (χ2n) is 5.64. The fraction of sp³-hybridized carbons (Fsp3) is 0.333. The van der Waals surface area contributed by atoms with Gasteiger partial charge in [-0.25, -0.2) is 0 Å². The van der Waals surface area contributed by atoms with Crippen LogP contribution in [-0.2, 0) is 0 Å². The number of aromatic nitrogens is 1. The highest BCUT2D eigenvalue weighted by atomic mass is 35.5. The number of rotatable bonds is 2. The molecule has 0 fully saturated rings. The Labute approximate surface area is 118 Å². The normalized spacial score (nSPS) is 11.3. The average Bonchev–Trinajstić information content (AvgIpc) is 2.35. The van der Waals surface area contributed by atoms with Crippen LogP contribution >= 0.6 is 11.6 Å². The molecule has 0 aliphatic heterocycles. The Kier molecular flexibility index (Phi) is 3.64. The molecule has 0 amide bonds. The SMILES string of the molecule is CC(C)(C)CNc1c(C#N)cnc2c(Cl)c[c]cc12. The van der Waals surface area contributed by atoms with Gasteiger partial charge in [-0.2, -0.15) is 5.26 Å². The van der Waals surface area contributed by atoms with E-state index < -0.39 is 0 Å². The molecule has 0 spiro atoms. The molecule has 3 nitrogen and oxygen atoms in total. The standard InChI is InChI=1S/C15H15ClN3/c1-15(2,3)9-19-13-10(7-17)8-18-14-11(13)5-4-6-12(14)16/h5-6,8H,9H2,1-3H3,(H,18,19). The van der Waals surface area contributed by atoms with Crippen molar-refractivity contribution in [3.05, 3.63) is 35.0 Å². The predicted octanol–water partition coefficient (Wildman–Crippen LogP) is 4.02. The maximum Gasteiger partial charge on any atom is 0.103 e. The van der Waals surface area contributed by atoms with Crippen molar-refractivity contribution in [1.82, 2.24) is 4.98 Å². The summed E-state index contributed by atoms with van der Waals surface area (Å²) in [6.07, 6.45) is 1.55. The molecule has 2 aromatic rings. The van der Waals surface area contributed by atoms with Crippen molar-refractivity contribution < 1.29 is 0 Å². The van der Waals surface area contributed by atoms with Gasteiger partial charge < -0.3 is 5.32 Å². The number of halogens is 1. The van der Waals surface area contributed by atoms with Gasteiger partial charge in [-0.15, -0.1) is 0 Å². The lowest BCUT2D eigenvalue weighted by Crippen LogP contribution is -2.19. The lowest BCUT2D eigenvalue weighted by Gasteiger charge is -2.21. The maximum atomic E-state index is 9.20. The van der Waals surface area contributed by atoms with Crippen LogP contribution in [0.1, 0.15) is 26.3 Å². The Morgan fingerprint density at radius 2 is 2.16 bits per heavy atom. The number of nitriles is 1. The van der Waals surface area contributed by atoms with Crippen molar-refractivity contribution in [3.8, 4) is 6.07 Å². The molecule has 4 heteroatoms. The summed E-state index contributed by atoms with van der Waals surface area (Å²) in [4.78, 5) is 4.24. The average molecular weight is 273 g/mol. The van der Waals surface area contributed by atoms with E-state index >= 15 is 0 Å². The Balaban J connectivity index is 2.56. The molecule has 97 valence electrons. The monoisotopic (exact) mass is 272 g/mol. The van der Waals surface area contributed by atoms with Gasteiger partial charge >= 0.3 is 0 Å². The van der Waals surface area contributed by atoms with Crippen LogP contribution in [0, 0.1) is 22.8 Å². The highest BCUT2D eigenvalue weighted by Gasteiger charge is 2.14. The molecule has 1 heterocycles. The zero-order valence-corrected chi connectivity index (χ0v) is 12.0. The fourth-order valence-corrected chi connectivity index (χ4v) is 1.97. The first-order valence-corrected chi connectivity index (χ1v) is 6.42. The third kappa shape index (κ3) is 2.97. The Morgan fingerprint density at radius 1 is 1.42 bits per heavy atom. The predicted molar refractivity (Wildman–Crippen MR) is 78.2 cm³/mol. The van der Waals surface area contributed by atoms with Crippen LogP contribution < -0.4 is 5.32 Å². The zero-order chi connectivity index (χ0) is 14.0. The molecule has 0 saturated carbocycles. The van der Waals surface area contributed by atoms with Gasteiger partial charge in [0, 0.05) is 18.1 Å². The number of nitrogens with one attached hydrogen (secondary N) is 1. The second-order valence-corrected chi connectivity index (χ2v) is 6.05. The summed E-state index contributed by atoms with van der Waals surface area (Å²) in [5.41, 5.74) is 2.11. The van der Waals surface area contributed by atoms with Crippen molar-refractivity contribution in [3.63, 3.8) is 0 Å². The summed E-state index contributed by atoms with van der Waals surface area (Å²) >= 11 is 6.11. The van der Waals surface area contributed by atoms with E-state index in [0.717, 1.165) is 17.6 Å². The third-order valence-electron chi connectivity index (χ3n) is 2.70. The molecular formula is C15H15ClN3. The molecule has 1 aromatic carbocycles. The van der Waals surface area contributed by atoms with Crippen molar-refractivity contribution in [2.24, 2.45) is 5.41 Å². The lowest BCUT2D eigenvalue weighted by atomic mass is 9.96. The van der Waals surface area contributed by atoms with E-state index in [1.807, 2.05) is 0 Å². The lowest BCUT2D eigenvalue weighted by molar-refractivity contribution is 0.443. The molecule has 0 atom stereocenters. The minimum Gasteiger partial charge on any atom is -0.383 e. The van der Waals surface area contributed by atoms with Crippen LogP contribution in [0.4, 0.5) is 5.69 Å². The van der Waals surface area contributed by atoms with Crippen LogP contribution in [0.2, 0.25) is 5.02 Å². The quantitative estimate of drug-likeness (QED) is 0.898. The van der Waals surface area contributed by atoms with E-state index in [2.05, 4.69) is 43.2 Å². The summed E-state index contributed by atoms with van der Waals surface area (Å²) in [7, 11) is 0. The second kappa shape index (κ2) is 5.07. The number of anilines is 1. The molecule has 2 rings (SSSR count). The van der Waals surface area contributed by atoms with Crippen LogP contribution in [0.5, 0.6) is 0 Å². The van der Waals surface area contributed by atoms with Crippen LogP contribution in [-0.4, -0.2) is 11.5 Å².